The highest BCUT2D eigenvalue weighted by Gasteiger charge is 2.38. The van der Waals surface area contributed by atoms with Gasteiger partial charge in [-0.3, -0.25) is 4.90 Å². The van der Waals surface area contributed by atoms with Gasteiger partial charge in [0.05, 0.1) is 0 Å². The molecule has 0 spiro atoms. The summed E-state index contributed by atoms with van der Waals surface area (Å²) in [6, 6.07) is 1.63. The van der Waals surface area contributed by atoms with Crippen LogP contribution in [-0.4, -0.2) is 37.1 Å². The topological polar surface area (TPSA) is 15.3 Å². The van der Waals surface area contributed by atoms with Crippen LogP contribution in [0.3, 0.4) is 0 Å². The van der Waals surface area contributed by atoms with Gasteiger partial charge in [-0.15, -0.1) is 0 Å². The SMILES string of the molecule is CNCC1CCCCN1C1CCC(C)(C)CC1C. The Morgan fingerprint density at radius 3 is 2.67 bits per heavy atom. The quantitative estimate of drug-likeness (QED) is 0.829. The monoisotopic (exact) mass is 252 g/mol. The summed E-state index contributed by atoms with van der Waals surface area (Å²) in [7, 11) is 2.10. The van der Waals surface area contributed by atoms with Gasteiger partial charge < -0.3 is 5.32 Å². The Morgan fingerprint density at radius 1 is 1.22 bits per heavy atom. The maximum atomic E-state index is 3.40. The van der Waals surface area contributed by atoms with E-state index in [1.807, 2.05) is 0 Å². The first-order chi connectivity index (χ1) is 8.53. The van der Waals surface area contributed by atoms with Gasteiger partial charge in [0.2, 0.25) is 0 Å². The average molecular weight is 252 g/mol. The minimum Gasteiger partial charge on any atom is -0.318 e. The van der Waals surface area contributed by atoms with Crippen LogP contribution in [0.5, 0.6) is 0 Å². The van der Waals surface area contributed by atoms with E-state index in [2.05, 4.69) is 38.0 Å². The number of nitrogens with zero attached hydrogens (tertiary/aromatic N) is 1. The zero-order chi connectivity index (χ0) is 13.2. The number of rotatable bonds is 3. The van der Waals surface area contributed by atoms with Crippen LogP contribution in [0.25, 0.3) is 0 Å². The fraction of sp³-hybridized carbons (Fsp3) is 1.00. The molecule has 106 valence electrons. The standard InChI is InChI=1S/C16H32N2/c1-13-11-16(2,3)9-8-15(13)18-10-6-5-7-14(18)12-17-4/h13-15,17H,5-12H2,1-4H3. The lowest BCUT2D eigenvalue weighted by atomic mass is 9.69. The van der Waals surface area contributed by atoms with Gasteiger partial charge in [0.25, 0.3) is 0 Å². The summed E-state index contributed by atoms with van der Waals surface area (Å²) in [4.78, 5) is 2.85. The van der Waals surface area contributed by atoms with E-state index in [9.17, 15) is 0 Å². The van der Waals surface area contributed by atoms with Gasteiger partial charge >= 0.3 is 0 Å². The molecule has 2 fully saturated rings. The van der Waals surface area contributed by atoms with Gasteiger partial charge in [-0.1, -0.05) is 27.2 Å². The third kappa shape index (κ3) is 3.27. The number of hydrogen-bond donors (Lipinski definition) is 1. The van der Waals surface area contributed by atoms with Crippen molar-refractivity contribution in [2.75, 3.05) is 20.1 Å². The molecule has 0 aromatic carbocycles. The molecule has 0 amide bonds. The van der Waals surface area contributed by atoms with Crippen molar-refractivity contribution in [3.63, 3.8) is 0 Å². The van der Waals surface area contributed by atoms with Crippen LogP contribution in [0, 0.1) is 11.3 Å². The molecule has 1 aliphatic heterocycles. The first-order valence-electron chi connectivity index (χ1n) is 7.94. The molecule has 2 rings (SSSR count). The van der Waals surface area contributed by atoms with Crippen molar-refractivity contribution in [1.29, 1.82) is 0 Å². The number of likely N-dealkylation sites (N-methyl/N-ethyl adjacent to an activating group) is 1. The van der Waals surface area contributed by atoms with E-state index < -0.39 is 0 Å². The largest absolute Gasteiger partial charge is 0.318 e. The first kappa shape index (κ1) is 14.3. The van der Waals surface area contributed by atoms with Crippen LogP contribution < -0.4 is 5.32 Å². The zero-order valence-electron chi connectivity index (χ0n) is 12.8. The molecule has 1 saturated carbocycles. The second-order valence-corrected chi connectivity index (χ2v) is 7.40. The number of hydrogen-bond acceptors (Lipinski definition) is 2. The molecule has 2 heteroatoms. The van der Waals surface area contributed by atoms with Crippen LogP contribution in [0.15, 0.2) is 0 Å². The van der Waals surface area contributed by atoms with Crippen molar-refractivity contribution in [2.24, 2.45) is 11.3 Å². The highest BCUT2D eigenvalue weighted by atomic mass is 15.2. The summed E-state index contributed by atoms with van der Waals surface area (Å²) >= 11 is 0. The first-order valence-corrected chi connectivity index (χ1v) is 7.94. The van der Waals surface area contributed by atoms with E-state index in [1.54, 1.807) is 0 Å². The van der Waals surface area contributed by atoms with Gasteiger partial charge in [0.1, 0.15) is 0 Å². The second kappa shape index (κ2) is 5.92. The summed E-state index contributed by atoms with van der Waals surface area (Å²) in [5.74, 6) is 0.867. The fourth-order valence-corrected chi connectivity index (χ4v) is 4.34. The lowest BCUT2D eigenvalue weighted by Gasteiger charge is -2.49. The molecule has 1 heterocycles. The Hall–Kier alpha value is -0.0800. The Balaban J connectivity index is 2.00. The lowest BCUT2D eigenvalue weighted by molar-refractivity contribution is 0.0149. The van der Waals surface area contributed by atoms with Crippen LogP contribution in [0.2, 0.25) is 0 Å². The molecular formula is C16H32N2. The van der Waals surface area contributed by atoms with E-state index in [1.165, 1.54) is 51.6 Å². The summed E-state index contributed by atoms with van der Waals surface area (Å²) < 4.78 is 0. The number of likely N-dealkylation sites (tertiary alicyclic amines) is 1. The van der Waals surface area contributed by atoms with E-state index in [4.69, 9.17) is 0 Å². The van der Waals surface area contributed by atoms with Crippen molar-refractivity contribution in [3.05, 3.63) is 0 Å². The number of nitrogens with one attached hydrogen (secondary N) is 1. The van der Waals surface area contributed by atoms with E-state index in [0.717, 1.165) is 18.0 Å². The molecule has 2 nitrogen and oxygen atoms in total. The average Bonchev–Trinajstić information content (AvgIpc) is 2.30. The van der Waals surface area contributed by atoms with Crippen molar-refractivity contribution in [2.45, 2.75) is 71.4 Å². The molecule has 0 bridgehead atoms. The summed E-state index contributed by atoms with van der Waals surface area (Å²) in [5.41, 5.74) is 0.574. The van der Waals surface area contributed by atoms with Gasteiger partial charge in [-0.2, -0.15) is 0 Å². The Bertz CT molecular complexity index is 260. The lowest BCUT2D eigenvalue weighted by Crippen LogP contribution is -2.54. The van der Waals surface area contributed by atoms with E-state index >= 15 is 0 Å². The highest BCUT2D eigenvalue weighted by molar-refractivity contribution is 4.92. The highest BCUT2D eigenvalue weighted by Crippen LogP contribution is 2.41. The summed E-state index contributed by atoms with van der Waals surface area (Å²) in [6.45, 7) is 9.88. The molecule has 3 atom stereocenters. The summed E-state index contributed by atoms with van der Waals surface area (Å²) in [6.07, 6.45) is 8.45. The summed E-state index contributed by atoms with van der Waals surface area (Å²) in [5, 5.41) is 3.40. The Labute approximate surface area is 114 Å². The Morgan fingerprint density at radius 2 is 2.00 bits per heavy atom. The molecule has 0 aromatic heterocycles. The van der Waals surface area contributed by atoms with Crippen LogP contribution in [0.1, 0.15) is 59.3 Å². The smallest absolute Gasteiger partial charge is 0.0223 e. The van der Waals surface area contributed by atoms with Gasteiger partial charge in [0, 0.05) is 18.6 Å². The Kier molecular flexibility index (Phi) is 4.71. The molecule has 1 N–H and O–H groups in total. The van der Waals surface area contributed by atoms with Crippen molar-refractivity contribution in [3.8, 4) is 0 Å². The maximum absolute atomic E-state index is 3.40. The minimum atomic E-state index is 0.574. The molecule has 0 radical (unpaired) electrons. The van der Waals surface area contributed by atoms with Crippen molar-refractivity contribution >= 4 is 0 Å². The minimum absolute atomic E-state index is 0.574. The normalized spacial score (nSPS) is 37.7. The van der Waals surface area contributed by atoms with Gasteiger partial charge in [-0.25, -0.2) is 0 Å². The van der Waals surface area contributed by atoms with Gasteiger partial charge in [-0.05, 0) is 57.0 Å². The van der Waals surface area contributed by atoms with Crippen molar-refractivity contribution < 1.29 is 0 Å². The molecule has 18 heavy (non-hydrogen) atoms. The fourth-order valence-electron chi connectivity index (χ4n) is 4.34. The third-order valence-corrected chi connectivity index (χ3v) is 5.19. The molecule has 1 saturated heterocycles. The van der Waals surface area contributed by atoms with E-state index in [-0.39, 0.29) is 0 Å². The van der Waals surface area contributed by atoms with Crippen molar-refractivity contribution in [1.82, 2.24) is 10.2 Å². The zero-order valence-corrected chi connectivity index (χ0v) is 12.8. The molecular weight excluding hydrogens is 220 g/mol. The molecule has 1 aliphatic carbocycles. The van der Waals surface area contributed by atoms with Gasteiger partial charge in [0.15, 0.2) is 0 Å². The number of piperidine rings is 1. The third-order valence-electron chi connectivity index (χ3n) is 5.19. The van der Waals surface area contributed by atoms with Crippen LogP contribution in [-0.2, 0) is 0 Å². The predicted octanol–water partition coefficient (Wildman–Crippen LogP) is 3.28. The molecule has 3 unspecified atom stereocenters. The van der Waals surface area contributed by atoms with Crippen LogP contribution in [0.4, 0.5) is 0 Å². The molecule has 2 aliphatic rings. The van der Waals surface area contributed by atoms with Crippen LogP contribution >= 0.6 is 0 Å². The van der Waals surface area contributed by atoms with E-state index in [0.29, 0.717) is 5.41 Å². The second-order valence-electron chi connectivity index (χ2n) is 7.40. The predicted molar refractivity (Wildman–Crippen MR) is 78.9 cm³/mol. The molecule has 0 aromatic rings. The maximum Gasteiger partial charge on any atom is 0.0223 e.